The summed E-state index contributed by atoms with van der Waals surface area (Å²) in [7, 11) is 0. The highest BCUT2D eigenvalue weighted by molar-refractivity contribution is 5.88. The molecule has 0 aromatic heterocycles. The van der Waals surface area contributed by atoms with Crippen LogP contribution in [0.2, 0.25) is 0 Å². The van der Waals surface area contributed by atoms with E-state index in [4.69, 9.17) is 9.94 Å². The quantitative estimate of drug-likeness (QED) is 0.687. The average molecular weight is 310 g/mol. The maximum absolute atomic E-state index is 8.96. The van der Waals surface area contributed by atoms with E-state index in [1.807, 2.05) is 30.3 Å². The van der Waals surface area contributed by atoms with Gasteiger partial charge in [-0.15, -0.1) is 0 Å². The molecule has 120 valence electrons. The summed E-state index contributed by atoms with van der Waals surface area (Å²) in [6.07, 6.45) is 0.809. The maximum Gasteiger partial charge on any atom is 0.119 e. The molecule has 1 heterocycles. The SMILES string of the molecule is CC1CN(c2ccc(OCc3ccccc3)cc2)CC/C1=N/O. The molecular formula is C19H22N2O2. The van der Waals surface area contributed by atoms with Crippen LogP contribution in [0.25, 0.3) is 0 Å². The summed E-state index contributed by atoms with van der Waals surface area (Å²) in [4.78, 5) is 2.32. The Morgan fingerprint density at radius 3 is 2.52 bits per heavy atom. The third-order valence-corrected chi connectivity index (χ3v) is 4.28. The van der Waals surface area contributed by atoms with Crippen LogP contribution in [0, 0.1) is 5.92 Å². The van der Waals surface area contributed by atoms with E-state index in [-0.39, 0.29) is 5.92 Å². The van der Waals surface area contributed by atoms with E-state index < -0.39 is 0 Å². The minimum Gasteiger partial charge on any atom is -0.489 e. The molecule has 1 saturated heterocycles. The van der Waals surface area contributed by atoms with Crippen LogP contribution in [-0.4, -0.2) is 24.0 Å². The Balaban J connectivity index is 1.59. The van der Waals surface area contributed by atoms with E-state index in [1.54, 1.807) is 0 Å². The molecule has 3 rings (SSSR count). The molecule has 0 amide bonds. The topological polar surface area (TPSA) is 45.1 Å². The van der Waals surface area contributed by atoms with Crippen LogP contribution in [0.3, 0.4) is 0 Å². The molecule has 1 aliphatic rings. The number of benzene rings is 2. The highest BCUT2D eigenvalue weighted by Crippen LogP contribution is 2.24. The largest absolute Gasteiger partial charge is 0.489 e. The van der Waals surface area contributed by atoms with E-state index in [0.717, 1.165) is 36.5 Å². The molecule has 2 aromatic carbocycles. The van der Waals surface area contributed by atoms with Gasteiger partial charge in [0.1, 0.15) is 12.4 Å². The standard InChI is InChI=1S/C19H22N2O2/c1-15-13-21(12-11-19(15)20-22)17-7-9-18(10-8-17)23-14-16-5-3-2-4-6-16/h2-10,15,22H,11-14H2,1H3/b20-19-. The molecule has 1 atom stereocenters. The summed E-state index contributed by atoms with van der Waals surface area (Å²) in [6.45, 7) is 4.44. The van der Waals surface area contributed by atoms with Gasteiger partial charge >= 0.3 is 0 Å². The summed E-state index contributed by atoms with van der Waals surface area (Å²) in [5, 5.41) is 12.4. The zero-order valence-corrected chi connectivity index (χ0v) is 13.4. The molecule has 1 N–H and O–H groups in total. The second kappa shape index (κ2) is 7.18. The first-order chi connectivity index (χ1) is 11.3. The number of ether oxygens (including phenoxy) is 1. The van der Waals surface area contributed by atoms with E-state index in [0.29, 0.717) is 6.61 Å². The fraction of sp³-hybridized carbons (Fsp3) is 0.316. The van der Waals surface area contributed by atoms with E-state index in [2.05, 4.69) is 41.2 Å². The Labute approximate surface area is 137 Å². The summed E-state index contributed by atoms with van der Waals surface area (Å²) in [5.41, 5.74) is 3.24. The second-order valence-corrected chi connectivity index (χ2v) is 5.96. The van der Waals surface area contributed by atoms with E-state index >= 15 is 0 Å². The molecule has 23 heavy (non-hydrogen) atoms. The molecule has 1 aliphatic heterocycles. The van der Waals surface area contributed by atoms with Crippen LogP contribution in [0.4, 0.5) is 5.69 Å². The van der Waals surface area contributed by atoms with Crippen LogP contribution in [0.5, 0.6) is 5.75 Å². The summed E-state index contributed by atoms with van der Waals surface area (Å²) in [6, 6.07) is 18.4. The zero-order chi connectivity index (χ0) is 16.1. The van der Waals surface area contributed by atoms with Crippen molar-refractivity contribution in [3.05, 3.63) is 60.2 Å². The Bertz CT molecular complexity index is 653. The van der Waals surface area contributed by atoms with Gasteiger partial charge in [0.15, 0.2) is 0 Å². The number of oxime groups is 1. The molecule has 0 radical (unpaired) electrons. The van der Waals surface area contributed by atoms with Crippen molar-refractivity contribution in [3.8, 4) is 5.75 Å². The minimum atomic E-state index is 0.280. The van der Waals surface area contributed by atoms with Crippen molar-refractivity contribution in [2.45, 2.75) is 20.0 Å². The molecule has 1 fully saturated rings. The van der Waals surface area contributed by atoms with Crippen LogP contribution in [0.1, 0.15) is 18.9 Å². The lowest BCUT2D eigenvalue weighted by atomic mass is 9.97. The second-order valence-electron chi connectivity index (χ2n) is 5.96. The van der Waals surface area contributed by atoms with Gasteiger partial charge in [-0.3, -0.25) is 0 Å². The Hall–Kier alpha value is -2.49. The number of rotatable bonds is 4. The normalized spacial score (nSPS) is 19.8. The molecule has 0 saturated carbocycles. The predicted molar refractivity (Wildman–Crippen MR) is 92.4 cm³/mol. The van der Waals surface area contributed by atoms with Gasteiger partial charge in [0, 0.05) is 31.1 Å². The monoisotopic (exact) mass is 310 g/mol. The smallest absolute Gasteiger partial charge is 0.119 e. The fourth-order valence-electron chi connectivity index (χ4n) is 2.90. The number of hydrogen-bond acceptors (Lipinski definition) is 4. The number of hydrogen-bond donors (Lipinski definition) is 1. The maximum atomic E-state index is 8.96. The van der Waals surface area contributed by atoms with E-state index in [9.17, 15) is 0 Å². The third-order valence-electron chi connectivity index (χ3n) is 4.28. The van der Waals surface area contributed by atoms with Crippen molar-refractivity contribution in [1.82, 2.24) is 0 Å². The lowest BCUT2D eigenvalue weighted by molar-refractivity contribution is 0.306. The zero-order valence-electron chi connectivity index (χ0n) is 13.4. The Kier molecular flexibility index (Phi) is 4.81. The molecule has 1 unspecified atom stereocenters. The molecule has 0 spiro atoms. The van der Waals surface area contributed by atoms with Crippen molar-refractivity contribution < 1.29 is 9.94 Å². The molecule has 0 bridgehead atoms. The number of piperidine rings is 1. The van der Waals surface area contributed by atoms with Gasteiger partial charge in [-0.05, 0) is 29.8 Å². The number of anilines is 1. The molecule has 4 heteroatoms. The van der Waals surface area contributed by atoms with Crippen LogP contribution >= 0.6 is 0 Å². The number of nitrogens with zero attached hydrogens (tertiary/aromatic N) is 2. The predicted octanol–water partition coefficient (Wildman–Crippen LogP) is 3.94. The van der Waals surface area contributed by atoms with Gasteiger partial charge < -0.3 is 14.8 Å². The molecular weight excluding hydrogens is 288 g/mol. The summed E-state index contributed by atoms with van der Waals surface area (Å²) < 4.78 is 5.82. The Morgan fingerprint density at radius 1 is 1.13 bits per heavy atom. The highest BCUT2D eigenvalue weighted by atomic mass is 16.5. The van der Waals surface area contributed by atoms with Crippen LogP contribution < -0.4 is 9.64 Å². The Morgan fingerprint density at radius 2 is 1.87 bits per heavy atom. The van der Waals surface area contributed by atoms with Gasteiger partial charge in [0.25, 0.3) is 0 Å². The first-order valence-corrected chi connectivity index (χ1v) is 7.99. The van der Waals surface area contributed by atoms with Crippen molar-refractivity contribution in [2.24, 2.45) is 11.1 Å². The first kappa shape index (κ1) is 15.4. The summed E-state index contributed by atoms with van der Waals surface area (Å²) >= 11 is 0. The fourth-order valence-corrected chi connectivity index (χ4v) is 2.90. The van der Waals surface area contributed by atoms with Crippen molar-refractivity contribution >= 4 is 11.4 Å². The summed E-state index contributed by atoms with van der Waals surface area (Å²) in [5.74, 6) is 1.16. The van der Waals surface area contributed by atoms with Crippen molar-refractivity contribution in [1.29, 1.82) is 0 Å². The lowest BCUT2D eigenvalue weighted by Crippen LogP contribution is -2.39. The third kappa shape index (κ3) is 3.83. The molecule has 4 nitrogen and oxygen atoms in total. The minimum absolute atomic E-state index is 0.280. The molecule has 0 aliphatic carbocycles. The van der Waals surface area contributed by atoms with E-state index in [1.165, 1.54) is 5.69 Å². The van der Waals surface area contributed by atoms with Gasteiger partial charge in [-0.2, -0.15) is 0 Å². The first-order valence-electron chi connectivity index (χ1n) is 7.99. The van der Waals surface area contributed by atoms with Gasteiger partial charge in [-0.1, -0.05) is 42.4 Å². The van der Waals surface area contributed by atoms with Crippen LogP contribution in [0.15, 0.2) is 59.8 Å². The van der Waals surface area contributed by atoms with Gasteiger partial charge in [0.2, 0.25) is 0 Å². The van der Waals surface area contributed by atoms with Crippen molar-refractivity contribution in [2.75, 3.05) is 18.0 Å². The molecule has 2 aromatic rings. The average Bonchev–Trinajstić information content (AvgIpc) is 2.61. The van der Waals surface area contributed by atoms with Gasteiger partial charge in [-0.25, -0.2) is 0 Å². The van der Waals surface area contributed by atoms with Crippen LogP contribution in [-0.2, 0) is 6.61 Å². The highest BCUT2D eigenvalue weighted by Gasteiger charge is 2.22. The van der Waals surface area contributed by atoms with Gasteiger partial charge in [0.05, 0.1) is 5.71 Å². The van der Waals surface area contributed by atoms with Crippen molar-refractivity contribution in [3.63, 3.8) is 0 Å². The lowest BCUT2D eigenvalue weighted by Gasteiger charge is -2.33.